The summed E-state index contributed by atoms with van der Waals surface area (Å²) in [5, 5.41) is 14.1. The van der Waals surface area contributed by atoms with Crippen molar-refractivity contribution in [2.45, 2.75) is 25.7 Å². The van der Waals surface area contributed by atoms with Crippen LogP contribution in [-0.2, 0) is 9.53 Å². The monoisotopic (exact) mass is 479 g/mol. The highest BCUT2D eigenvalue weighted by Crippen LogP contribution is 2.23. The number of halogens is 1. The van der Waals surface area contributed by atoms with Crippen LogP contribution >= 0.6 is 22.9 Å². The van der Waals surface area contributed by atoms with Crippen LogP contribution in [0.3, 0.4) is 0 Å². The predicted octanol–water partition coefficient (Wildman–Crippen LogP) is 2.84. The smallest absolute Gasteiger partial charge is 0.286 e. The zero-order chi connectivity index (χ0) is 22.9. The molecule has 9 nitrogen and oxygen atoms in total. The van der Waals surface area contributed by atoms with Crippen LogP contribution in [0.5, 0.6) is 0 Å². The summed E-state index contributed by atoms with van der Waals surface area (Å²) < 4.78 is 4.97. The Hall–Kier alpha value is -2.56. The summed E-state index contributed by atoms with van der Waals surface area (Å²) in [5.74, 6) is -0.411. The van der Waals surface area contributed by atoms with Gasteiger partial charge >= 0.3 is 0 Å². The molecule has 1 aromatic heterocycles. The van der Waals surface area contributed by atoms with Crippen LogP contribution in [0, 0.1) is 5.92 Å². The van der Waals surface area contributed by atoms with E-state index in [4.69, 9.17) is 16.3 Å². The fourth-order valence-corrected chi connectivity index (χ4v) is 4.30. The molecule has 11 heteroatoms. The molecular weight excluding hydrogens is 454 g/mol. The molecule has 2 aromatic rings. The van der Waals surface area contributed by atoms with E-state index in [1.165, 1.54) is 0 Å². The fraction of sp³-hybridized carbons (Fsp3) is 0.476. The molecule has 172 valence electrons. The number of methoxy groups -OCH3 is 1. The lowest BCUT2D eigenvalue weighted by molar-refractivity contribution is -0.122. The number of benzene rings is 1. The van der Waals surface area contributed by atoms with Crippen molar-refractivity contribution in [3.05, 3.63) is 39.3 Å². The highest BCUT2D eigenvalue weighted by molar-refractivity contribution is 7.15. The molecule has 2 N–H and O–H groups in total. The molecule has 1 aliphatic rings. The van der Waals surface area contributed by atoms with Crippen LogP contribution in [0.25, 0.3) is 0 Å². The number of piperidine rings is 1. The number of carbonyl (C=O) groups is 3. The Morgan fingerprint density at radius 2 is 1.97 bits per heavy atom. The molecule has 3 amide bonds. The third-order valence-electron chi connectivity index (χ3n) is 5.11. The van der Waals surface area contributed by atoms with Crippen molar-refractivity contribution in [3.63, 3.8) is 0 Å². The number of hydrogen-bond acceptors (Lipinski definition) is 7. The van der Waals surface area contributed by atoms with E-state index in [1.54, 1.807) is 36.3 Å². The van der Waals surface area contributed by atoms with Crippen molar-refractivity contribution in [2.75, 3.05) is 38.7 Å². The van der Waals surface area contributed by atoms with Gasteiger partial charge < -0.3 is 20.3 Å². The molecule has 2 heterocycles. The Morgan fingerprint density at radius 3 is 2.69 bits per heavy atom. The number of likely N-dealkylation sites (tertiary alicyclic amines) is 1. The summed E-state index contributed by atoms with van der Waals surface area (Å²) in [5.41, 5.74) is 0.537. The van der Waals surface area contributed by atoms with E-state index in [-0.39, 0.29) is 27.7 Å². The highest BCUT2D eigenvalue weighted by Gasteiger charge is 2.27. The van der Waals surface area contributed by atoms with Crippen molar-refractivity contribution in [3.8, 4) is 0 Å². The summed E-state index contributed by atoms with van der Waals surface area (Å²) in [6, 6.07) is 6.76. The summed E-state index contributed by atoms with van der Waals surface area (Å²) in [6.45, 7) is 2.32. The van der Waals surface area contributed by atoms with Crippen molar-refractivity contribution < 1.29 is 19.1 Å². The van der Waals surface area contributed by atoms with Gasteiger partial charge in [-0.2, -0.15) is 0 Å². The Bertz CT molecular complexity index is 946. The van der Waals surface area contributed by atoms with Gasteiger partial charge in [-0.15, -0.1) is 10.2 Å². The standard InChI is InChI=1S/C21H26ClN5O4S/c1-31-11-3-8-23-17(28)12-14-6-9-27(10-7-14)21(30)20-26-25-19(32-20)18(29)24-16-5-2-4-15(22)13-16/h2,4-5,13-14H,3,6-12H2,1H3,(H,23,28)(H,24,29). The van der Waals surface area contributed by atoms with Crippen LogP contribution < -0.4 is 10.6 Å². The minimum absolute atomic E-state index is 0.0327. The second-order valence-corrected chi connectivity index (χ2v) is 8.93. The van der Waals surface area contributed by atoms with Gasteiger partial charge in [-0.1, -0.05) is 29.0 Å². The molecule has 0 spiro atoms. The summed E-state index contributed by atoms with van der Waals surface area (Å²) in [6.07, 6.45) is 2.74. The molecule has 1 saturated heterocycles. The number of ether oxygens (including phenoxy) is 1. The van der Waals surface area contributed by atoms with E-state index in [0.29, 0.717) is 43.4 Å². The minimum atomic E-state index is -0.445. The zero-order valence-corrected chi connectivity index (χ0v) is 19.4. The molecule has 3 rings (SSSR count). The molecule has 0 radical (unpaired) electrons. The van der Waals surface area contributed by atoms with E-state index in [1.807, 2.05) is 0 Å². The van der Waals surface area contributed by atoms with Crippen molar-refractivity contribution >= 4 is 46.3 Å². The van der Waals surface area contributed by atoms with Gasteiger partial charge in [0.1, 0.15) is 0 Å². The Labute approximate surface area is 195 Å². The van der Waals surface area contributed by atoms with Gasteiger partial charge in [-0.05, 0) is 43.4 Å². The van der Waals surface area contributed by atoms with Gasteiger partial charge in [0.05, 0.1) is 0 Å². The maximum atomic E-state index is 12.8. The van der Waals surface area contributed by atoms with Crippen molar-refractivity contribution in [2.24, 2.45) is 5.92 Å². The molecule has 0 bridgehead atoms. The first-order chi connectivity index (χ1) is 15.5. The minimum Gasteiger partial charge on any atom is -0.385 e. The number of anilines is 1. The van der Waals surface area contributed by atoms with Crippen molar-refractivity contribution in [1.82, 2.24) is 20.4 Å². The Morgan fingerprint density at radius 1 is 1.22 bits per heavy atom. The van der Waals surface area contributed by atoms with E-state index in [2.05, 4.69) is 20.8 Å². The topological polar surface area (TPSA) is 114 Å². The first kappa shape index (κ1) is 24.1. The van der Waals surface area contributed by atoms with Gasteiger partial charge in [0.15, 0.2) is 0 Å². The van der Waals surface area contributed by atoms with Gasteiger partial charge in [-0.3, -0.25) is 14.4 Å². The molecule has 1 fully saturated rings. The largest absolute Gasteiger partial charge is 0.385 e. The number of nitrogens with one attached hydrogen (secondary N) is 2. The predicted molar refractivity (Wildman–Crippen MR) is 122 cm³/mol. The van der Waals surface area contributed by atoms with Crippen LogP contribution in [-0.4, -0.2) is 66.2 Å². The molecule has 0 atom stereocenters. The molecule has 0 unspecified atom stereocenters. The average Bonchev–Trinajstić information content (AvgIpc) is 3.27. The van der Waals surface area contributed by atoms with Gasteiger partial charge in [0.2, 0.25) is 15.9 Å². The second-order valence-electron chi connectivity index (χ2n) is 7.51. The average molecular weight is 480 g/mol. The number of hydrogen-bond donors (Lipinski definition) is 2. The van der Waals surface area contributed by atoms with Gasteiger partial charge in [-0.25, -0.2) is 0 Å². The van der Waals surface area contributed by atoms with Crippen molar-refractivity contribution in [1.29, 1.82) is 0 Å². The SMILES string of the molecule is COCCCNC(=O)CC1CCN(C(=O)c2nnc(C(=O)Nc3cccc(Cl)c3)s2)CC1. The lowest BCUT2D eigenvalue weighted by Crippen LogP contribution is -2.39. The molecule has 1 aromatic carbocycles. The number of rotatable bonds is 9. The quantitative estimate of drug-likeness (QED) is 0.534. The third kappa shape index (κ3) is 6.98. The number of carbonyl (C=O) groups excluding carboxylic acids is 3. The van der Waals surface area contributed by atoms with E-state index < -0.39 is 5.91 Å². The lowest BCUT2D eigenvalue weighted by atomic mass is 9.93. The zero-order valence-electron chi connectivity index (χ0n) is 17.8. The third-order valence-corrected chi connectivity index (χ3v) is 6.25. The van der Waals surface area contributed by atoms with E-state index in [9.17, 15) is 14.4 Å². The number of nitrogens with zero attached hydrogens (tertiary/aromatic N) is 3. The number of amides is 3. The summed E-state index contributed by atoms with van der Waals surface area (Å²) in [7, 11) is 1.63. The van der Waals surface area contributed by atoms with Crippen LogP contribution in [0.2, 0.25) is 5.02 Å². The highest BCUT2D eigenvalue weighted by atomic mass is 35.5. The van der Waals surface area contributed by atoms with Crippen LogP contribution in [0.1, 0.15) is 45.3 Å². The molecule has 1 aliphatic heterocycles. The molecular formula is C21H26ClN5O4S. The fourth-order valence-electron chi connectivity index (χ4n) is 3.41. The first-order valence-electron chi connectivity index (χ1n) is 10.4. The Balaban J connectivity index is 1.46. The molecule has 0 aliphatic carbocycles. The van der Waals surface area contributed by atoms with Crippen LogP contribution in [0.4, 0.5) is 5.69 Å². The Kier molecular flexibility index (Phi) is 8.95. The van der Waals surface area contributed by atoms with Gasteiger partial charge in [0, 0.05) is 50.5 Å². The lowest BCUT2D eigenvalue weighted by Gasteiger charge is -2.31. The molecule has 0 saturated carbocycles. The summed E-state index contributed by atoms with van der Waals surface area (Å²) >= 11 is 6.88. The van der Waals surface area contributed by atoms with E-state index in [0.717, 1.165) is 30.6 Å². The van der Waals surface area contributed by atoms with E-state index >= 15 is 0 Å². The normalized spacial score (nSPS) is 14.2. The maximum Gasteiger partial charge on any atom is 0.286 e. The van der Waals surface area contributed by atoms with Gasteiger partial charge in [0.25, 0.3) is 11.8 Å². The number of aromatic nitrogens is 2. The second kappa shape index (κ2) is 11.9. The maximum absolute atomic E-state index is 12.8. The van der Waals surface area contributed by atoms with Crippen LogP contribution in [0.15, 0.2) is 24.3 Å². The first-order valence-corrected chi connectivity index (χ1v) is 11.6. The molecule has 32 heavy (non-hydrogen) atoms. The summed E-state index contributed by atoms with van der Waals surface area (Å²) in [4.78, 5) is 38.9.